The Morgan fingerprint density at radius 1 is 1.13 bits per heavy atom. The first kappa shape index (κ1) is 24.2. The Bertz CT molecular complexity index is 1020. The average molecular weight is 448 g/mol. The number of carbonyl (C=O) groups excluding carboxylic acids is 2. The van der Waals surface area contributed by atoms with Crippen LogP contribution in [0.25, 0.3) is 0 Å². The van der Waals surface area contributed by atoms with Crippen molar-refractivity contribution in [1.82, 2.24) is 10.2 Å². The minimum Gasteiger partial charge on any atom is -0.497 e. The van der Waals surface area contributed by atoms with Crippen molar-refractivity contribution in [3.05, 3.63) is 59.7 Å². The summed E-state index contributed by atoms with van der Waals surface area (Å²) in [6.45, 7) is 3.18. The standard InChI is InChI=1S/C22H29N3O5S/c1-16-7-6-8-19(13-16)25(31(5,28)29)15-21(26)24(17(2)22(27)23-3)14-18-9-11-20(30-4)12-10-18/h6-13,17H,14-15H2,1-5H3,(H,23,27)/t17-/m0/s1. The molecule has 0 saturated heterocycles. The summed E-state index contributed by atoms with van der Waals surface area (Å²) in [7, 11) is -0.678. The number of methoxy groups -OCH3 is 1. The molecular formula is C22H29N3O5S. The zero-order valence-corrected chi connectivity index (χ0v) is 19.3. The van der Waals surface area contributed by atoms with Crippen molar-refractivity contribution < 1.29 is 22.7 Å². The predicted molar refractivity (Wildman–Crippen MR) is 120 cm³/mol. The van der Waals surface area contributed by atoms with Crippen LogP contribution in [0.4, 0.5) is 5.69 Å². The van der Waals surface area contributed by atoms with Crippen LogP contribution in [0.5, 0.6) is 5.75 Å². The van der Waals surface area contributed by atoms with E-state index in [2.05, 4.69) is 5.32 Å². The average Bonchev–Trinajstić information content (AvgIpc) is 2.74. The van der Waals surface area contributed by atoms with Gasteiger partial charge in [-0.15, -0.1) is 0 Å². The highest BCUT2D eigenvalue weighted by atomic mass is 32.2. The summed E-state index contributed by atoms with van der Waals surface area (Å²) in [6, 6.07) is 13.2. The number of aryl methyl sites for hydroxylation is 1. The topological polar surface area (TPSA) is 96.0 Å². The van der Waals surface area contributed by atoms with Gasteiger partial charge >= 0.3 is 0 Å². The van der Waals surface area contributed by atoms with E-state index in [1.54, 1.807) is 56.5 Å². The quantitative estimate of drug-likeness (QED) is 0.634. The lowest BCUT2D eigenvalue weighted by atomic mass is 10.1. The van der Waals surface area contributed by atoms with Crippen molar-refractivity contribution in [1.29, 1.82) is 0 Å². The van der Waals surface area contributed by atoms with Crippen LogP contribution in [0.3, 0.4) is 0 Å². The number of carbonyl (C=O) groups is 2. The predicted octanol–water partition coefficient (Wildman–Crippen LogP) is 1.93. The van der Waals surface area contributed by atoms with Crippen LogP contribution in [0.1, 0.15) is 18.1 Å². The molecule has 0 aliphatic heterocycles. The molecule has 9 heteroatoms. The van der Waals surface area contributed by atoms with Crippen LogP contribution in [0.15, 0.2) is 48.5 Å². The summed E-state index contributed by atoms with van der Waals surface area (Å²) in [5.41, 5.74) is 2.05. The SMILES string of the molecule is CNC(=O)[C@H](C)N(Cc1ccc(OC)cc1)C(=O)CN(c1cccc(C)c1)S(C)(=O)=O. The Hall–Kier alpha value is -3.07. The van der Waals surface area contributed by atoms with E-state index in [1.807, 2.05) is 13.0 Å². The van der Waals surface area contributed by atoms with Crippen molar-refractivity contribution in [3.63, 3.8) is 0 Å². The minimum absolute atomic E-state index is 0.142. The first-order chi connectivity index (χ1) is 14.6. The maximum Gasteiger partial charge on any atom is 0.244 e. The summed E-state index contributed by atoms with van der Waals surface area (Å²) in [4.78, 5) is 26.9. The van der Waals surface area contributed by atoms with Crippen molar-refractivity contribution >= 4 is 27.5 Å². The minimum atomic E-state index is -3.73. The lowest BCUT2D eigenvalue weighted by molar-refractivity contribution is -0.139. The molecule has 0 saturated carbocycles. The Balaban J connectivity index is 2.36. The number of hydrogen-bond acceptors (Lipinski definition) is 5. The third-order valence-corrected chi connectivity index (χ3v) is 6.04. The number of amides is 2. The first-order valence-corrected chi connectivity index (χ1v) is 11.6. The molecule has 1 atom stereocenters. The number of anilines is 1. The van der Waals surface area contributed by atoms with Crippen molar-refractivity contribution in [2.24, 2.45) is 0 Å². The highest BCUT2D eigenvalue weighted by Crippen LogP contribution is 2.20. The molecule has 0 heterocycles. The molecule has 2 rings (SSSR count). The van der Waals surface area contributed by atoms with Gasteiger partial charge in [0.2, 0.25) is 21.8 Å². The number of nitrogens with one attached hydrogen (secondary N) is 1. The number of sulfonamides is 1. The Morgan fingerprint density at radius 2 is 1.77 bits per heavy atom. The van der Waals surface area contributed by atoms with Gasteiger partial charge in [-0.1, -0.05) is 24.3 Å². The van der Waals surface area contributed by atoms with Gasteiger partial charge in [-0.3, -0.25) is 13.9 Å². The van der Waals surface area contributed by atoms with E-state index < -0.39 is 28.5 Å². The van der Waals surface area contributed by atoms with Gasteiger partial charge in [-0.2, -0.15) is 0 Å². The summed E-state index contributed by atoms with van der Waals surface area (Å²) in [6.07, 6.45) is 1.05. The molecule has 0 aliphatic carbocycles. The fraction of sp³-hybridized carbons (Fsp3) is 0.364. The molecule has 31 heavy (non-hydrogen) atoms. The fourth-order valence-corrected chi connectivity index (χ4v) is 3.96. The van der Waals surface area contributed by atoms with E-state index in [9.17, 15) is 18.0 Å². The number of rotatable bonds is 9. The van der Waals surface area contributed by atoms with Gasteiger partial charge < -0.3 is 15.0 Å². The third-order valence-electron chi connectivity index (χ3n) is 4.89. The molecule has 0 fully saturated rings. The third kappa shape index (κ3) is 6.45. The van der Waals surface area contributed by atoms with Gasteiger partial charge in [-0.25, -0.2) is 8.42 Å². The zero-order chi connectivity index (χ0) is 23.2. The summed E-state index contributed by atoms with van der Waals surface area (Å²) in [5, 5.41) is 2.54. The van der Waals surface area contributed by atoms with E-state index in [0.717, 1.165) is 21.7 Å². The summed E-state index contributed by atoms with van der Waals surface area (Å²) < 4.78 is 31.1. The van der Waals surface area contributed by atoms with Crippen LogP contribution in [0, 0.1) is 6.92 Å². The molecule has 2 aromatic carbocycles. The van der Waals surface area contributed by atoms with Gasteiger partial charge in [0.05, 0.1) is 19.1 Å². The lowest BCUT2D eigenvalue weighted by Crippen LogP contribution is -2.50. The second kappa shape index (κ2) is 10.3. The zero-order valence-electron chi connectivity index (χ0n) is 18.5. The van der Waals surface area contributed by atoms with Gasteiger partial charge in [0.15, 0.2) is 0 Å². The molecule has 2 aromatic rings. The normalized spacial score (nSPS) is 12.0. The van der Waals surface area contributed by atoms with Crippen LogP contribution >= 0.6 is 0 Å². The number of nitrogens with zero attached hydrogens (tertiary/aromatic N) is 2. The van der Waals surface area contributed by atoms with Crippen LogP contribution < -0.4 is 14.4 Å². The molecule has 8 nitrogen and oxygen atoms in total. The summed E-state index contributed by atoms with van der Waals surface area (Å²) in [5.74, 6) is -0.161. The van der Waals surface area contributed by atoms with Gasteiger partial charge in [0, 0.05) is 13.6 Å². The number of benzene rings is 2. The molecule has 2 amide bonds. The van der Waals surface area contributed by atoms with Crippen LogP contribution in [0.2, 0.25) is 0 Å². The van der Waals surface area contributed by atoms with Crippen LogP contribution in [-0.2, 0) is 26.2 Å². The molecule has 0 aromatic heterocycles. The maximum atomic E-state index is 13.3. The van der Waals surface area contributed by atoms with E-state index in [1.165, 1.54) is 11.9 Å². The van der Waals surface area contributed by atoms with Gasteiger partial charge in [0.25, 0.3) is 0 Å². The Morgan fingerprint density at radius 3 is 2.29 bits per heavy atom. The molecule has 1 N–H and O–H groups in total. The molecule has 0 unspecified atom stereocenters. The molecule has 0 radical (unpaired) electrons. The molecule has 0 aliphatic rings. The fourth-order valence-electron chi connectivity index (χ4n) is 3.12. The van der Waals surface area contributed by atoms with E-state index >= 15 is 0 Å². The van der Waals surface area contributed by atoms with Crippen LogP contribution in [-0.4, -0.2) is 58.1 Å². The lowest BCUT2D eigenvalue weighted by Gasteiger charge is -2.31. The van der Waals surface area contributed by atoms with E-state index in [-0.39, 0.29) is 12.5 Å². The first-order valence-electron chi connectivity index (χ1n) is 9.75. The Labute approximate surface area is 183 Å². The highest BCUT2D eigenvalue weighted by Gasteiger charge is 2.29. The van der Waals surface area contributed by atoms with E-state index in [0.29, 0.717) is 11.4 Å². The van der Waals surface area contributed by atoms with Crippen molar-refractivity contribution in [2.45, 2.75) is 26.4 Å². The summed E-state index contributed by atoms with van der Waals surface area (Å²) >= 11 is 0. The van der Waals surface area contributed by atoms with Gasteiger partial charge in [-0.05, 0) is 49.2 Å². The highest BCUT2D eigenvalue weighted by molar-refractivity contribution is 7.92. The molecular weight excluding hydrogens is 418 g/mol. The number of ether oxygens (including phenoxy) is 1. The second-order valence-corrected chi connectivity index (χ2v) is 9.18. The van der Waals surface area contributed by atoms with Crippen molar-refractivity contribution in [2.75, 3.05) is 31.3 Å². The monoisotopic (exact) mass is 447 g/mol. The maximum absolute atomic E-state index is 13.3. The molecule has 0 bridgehead atoms. The largest absolute Gasteiger partial charge is 0.497 e. The number of hydrogen-bond donors (Lipinski definition) is 1. The smallest absolute Gasteiger partial charge is 0.244 e. The second-order valence-electron chi connectivity index (χ2n) is 7.27. The molecule has 0 spiro atoms. The number of likely N-dealkylation sites (N-methyl/N-ethyl adjacent to an activating group) is 1. The Kier molecular flexibility index (Phi) is 8.04. The van der Waals surface area contributed by atoms with Crippen molar-refractivity contribution in [3.8, 4) is 5.75 Å². The van der Waals surface area contributed by atoms with E-state index in [4.69, 9.17) is 4.74 Å². The van der Waals surface area contributed by atoms with Gasteiger partial charge in [0.1, 0.15) is 18.3 Å². The molecule has 168 valence electrons.